The third-order valence-corrected chi connectivity index (χ3v) is 6.05. The Kier molecular flexibility index (Phi) is 6.89. The number of ether oxygens (including phenoxy) is 2. The van der Waals surface area contributed by atoms with E-state index in [0.717, 1.165) is 58.5 Å². The van der Waals surface area contributed by atoms with Crippen LogP contribution in [0.3, 0.4) is 0 Å². The van der Waals surface area contributed by atoms with Crippen LogP contribution in [0.5, 0.6) is 0 Å². The van der Waals surface area contributed by atoms with Crippen LogP contribution in [0.25, 0.3) is 0 Å². The highest BCUT2D eigenvalue weighted by molar-refractivity contribution is 5.76. The maximum Gasteiger partial charge on any atom is 0.248 e. The third-order valence-electron chi connectivity index (χ3n) is 6.05. The summed E-state index contributed by atoms with van der Waals surface area (Å²) in [4.78, 5) is 15.7. The van der Waals surface area contributed by atoms with Crippen LogP contribution in [0, 0.1) is 5.92 Å². The summed E-state index contributed by atoms with van der Waals surface area (Å²) in [6.07, 6.45) is 8.37. The van der Waals surface area contributed by atoms with E-state index in [0.29, 0.717) is 12.5 Å². The van der Waals surface area contributed by atoms with E-state index in [1.807, 2.05) is 10.9 Å². The van der Waals surface area contributed by atoms with Gasteiger partial charge in [0.15, 0.2) is 0 Å². The second kappa shape index (κ2) is 9.17. The number of piperidine rings is 1. The van der Waals surface area contributed by atoms with Crippen LogP contribution >= 0.6 is 0 Å². The van der Waals surface area contributed by atoms with Gasteiger partial charge in [0.05, 0.1) is 11.8 Å². The molecule has 0 saturated carbocycles. The van der Waals surface area contributed by atoms with Crippen molar-refractivity contribution in [3.05, 3.63) is 18.0 Å². The summed E-state index contributed by atoms with van der Waals surface area (Å²) < 4.78 is 13.8. The zero-order valence-corrected chi connectivity index (χ0v) is 17.0. The van der Waals surface area contributed by atoms with Crippen molar-refractivity contribution >= 4 is 5.91 Å². The van der Waals surface area contributed by atoms with Crippen LogP contribution in [0.1, 0.15) is 38.2 Å². The number of nitrogens with zero attached hydrogens (tertiary/aromatic N) is 4. The van der Waals surface area contributed by atoms with Crippen molar-refractivity contribution in [1.82, 2.24) is 19.6 Å². The Morgan fingerprint density at radius 1 is 1.41 bits per heavy atom. The summed E-state index contributed by atoms with van der Waals surface area (Å²) in [5.41, 5.74) is 1.30. The van der Waals surface area contributed by atoms with E-state index < -0.39 is 0 Å². The van der Waals surface area contributed by atoms with Gasteiger partial charge in [0, 0.05) is 65.2 Å². The molecule has 7 heteroatoms. The highest BCUT2D eigenvalue weighted by atomic mass is 16.5. The predicted molar refractivity (Wildman–Crippen MR) is 103 cm³/mol. The monoisotopic (exact) mass is 378 g/mol. The largest absolute Gasteiger partial charge is 0.375 e. The molecule has 1 amide bonds. The van der Waals surface area contributed by atoms with Gasteiger partial charge in [0.1, 0.15) is 6.61 Å². The van der Waals surface area contributed by atoms with E-state index in [1.165, 1.54) is 5.56 Å². The fourth-order valence-electron chi connectivity index (χ4n) is 4.27. The summed E-state index contributed by atoms with van der Waals surface area (Å²) >= 11 is 0. The van der Waals surface area contributed by atoms with Crippen molar-refractivity contribution < 1.29 is 14.3 Å². The Morgan fingerprint density at radius 2 is 2.19 bits per heavy atom. The number of likely N-dealkylation sites (tertiary alicyclic amines) is 1. The predicted octanol–water partition coefficient (Wildman–Crippen LogP) is 1.77. The standard InChI is InChI=1S/C20H34N4O3/c1-4-24-15-17(13-21-24)14-23-9-7-20(8-10-23)18(6-12-27-20)5-11-26-16-19(25)22(2)3/h13,15,18H,4-12,14,16H2,1-3H3. The van der Waals surface area contributed by atoms with Crippen molar-refractivity contribution in [2.75, 3.05) is 47.0 Å². The molecule has 2 saturated heterocycles. The third kappa shape index (κ3) is 5.09. The van der Waals surface area contributed by atoms with Gasteiger partial charge in [0.2, 0.25) is 5.91 Å². The molecule has 3 heterocycles. The summed E-state index contributed by atoms with van der Waals surface area (Å²) in [6, 6.07) is 0. The topological polar surface area (TPSA) is 59.8 Å². The summed E-state index contributed by atoms with van der Waals surface area (Å²) in [7, 11) is 3.51. The van der Waals surface area contributed by atoms with Crippen LogP contribution in [-0.4, -0.2) is 78.1 Å². The number of likely N-dealkylation sites (N-methyl/N-ethyl adjacent to an activating group) is 1. The second-order valence-corrected chi connectivity index (χ2v) is 8.01. The lowest BCUT2D eigenvalue weighted by Gasteiger charge is -2.42. The number of aromatic nitrogens is 2. The van der Waals surface area contributed by atoms with E-state index in [4.69, 9.17) is 9.47 Å². The molecule has 1 spiro atoms. The maximum absolute atomic E-state index is 11.6. The van der Waals surface area contributed by atoms with E-state index in [1.54, 1.807) is 19.0 Å². The van der Waals surface area contributed by atoms with E-state index in [-0.39, 0.29) is 18.1 Å². The van der Waals surface area contributed by atoms with Gasteiger partial charge in [-0.3, -0.25) is 14.4 Å². The van der Waals surface area contributed by atoms with Crippen LogP contribution in [-0.2, 0) is 27.4 Å². The summed E-state index contributed by atoms with van der Waals surface area (Å²) in [5, 5.41) is 4.37. The quantitative estimate of drug-likeness (QED) is 0.645. The fraction of sp³-hybridized carbons (Fsp3) is 0.800. The first-order valence-electron chi connectivity index (χ1n) is 10.2. The van der Waals surface area contributed by atoms with Crippen LogP contribution in [0.2, 0.25) is 0 Å². The Labute approximate surface area is 162 Å². The molecular formula is C20H34N4O3. The molecule has 0 radical (unpaired) electrons. The SMILES string of the molecule is CCn1cc(CN2CCC3(CC2)OCCC3CCOCC(=O)N(C)C)cn1. The van der Waals surface area contributed by atoms with Crippen molar-refractivity contribution in [1.29, 1.82) is 0 Å². The van der Waals surface area contributed by atoms with Crippen LogP contribution in [0.15, 0.2) is 12.4 Å². The number of carbonyl (C=O) groups is 1. The molecule has 1 aromatic rings. The average Bonchev–Trinajstić information content (AvgIpc) is 3.27. The lowest BCUT2D eigenvalue weighted by atomic mass is 9.78. The molecule has 1 aromatic heterocycles. The number of carbonyl (C=O) groups excluding carboxylic acids is 1. The Hall–Kier alpha value is -1.44. The molecule has 0 bridgehead atoms. The highest BCUT2D eigenvalue weighted by Gasteiger charge is 2.45. The minimum absolute atomic E-state index is 0.0129. The molecule has 0 aliphatic carbocycles. The first-order chi connectivity index (χ1) is 13.0. The molecule has 2 aliphatic rings. The number of rotatable bonds is 8. The van der Waals surface area contributed by atoms with Gasteiger partial charge in [0.25, 0.3) is 0 Å². The van der Waals surface area contributed by atoms with Gasteiger partial charge < -0.3 is 14.4 Å². The number of aryl methyl sites for hydroxylation is 1. The summed E-state index contributed by atoms with van der Waals surface area (Å²) in [6.45, 7) is 7.78. The molecule has 3 rings (SSSR count). The summed E-state index contributed by atoms with van der Waals surface area (Å²) in [5.74, 6) is 0.559. The van der Waals surface area contributed by atoms with Crippen molar-refractivity contribution in [3.63, 3.8) is 0 Å². The van der Waals surface area contributed by atoms with E-state index in [9.17, 15) is 4.79 Å². The molecule has 0 N–H and O–H groups in total. The molecule has 1 atom stereocenters. The minimum Gasteiger partial charge on any atom is -0.375 e. The normalized spacial score (nSPS) is 22.4. The number of amides is 1. The average molecular weight is 379 g/mol. The number of hydrogen-bond acceptors (Lipinski definition) is 5. The zero-order chi connectivity index (χ0) is 19.3. The van der Waals surface area contributed by atoms with Crippen LogP contribution < -0.4 is 0 Å². The molecule has 2 aliphatic heterocycles. The van der Waals surface area contributed by atoms with Crippen molar-refractivity contribution in [2.24, 2.45) is 5.92 Å². The molecular weight excluding hydrogens is 344 g/mol. The molecule has 2 fully saturated rings. The first kappa shape index (κ1) is 20.3. The molecule has 7 nitrogen and oxygen atoms in total. The first-order valence-corrected chi connectivity index (χ1v) is 10.2. The van der Waals surface area contributed by atoms with Crippen molar-refractivity contribution in [3.8, 4) is 0 Å². The Morgan fingerprint density at radius 3 is 2.85 bits per heavy atom. The highest BCUT2D eigenvalue weighted by Crippen LogP contribution is 2.42. The molecule has 0 aromatic carbocycles. The van der Waals surface area contributed by atoms with E-state index >= 15 is 0 Å². The van der Waals surface area contributed by atoms with Crippen LogP contribution in [0.4, 0.5) is 0 Å². The smallest absolute Gasteiger partial charge is 0.248 e. The van der Waals surface area contributed by atoms with Gasteiger partial charge in [-0.1, -0.05) is 0 Å². The zero-order valence-electron chi connectivity index (χ0n) is 17.0. The lowest BCUT2D eigenvalue weighted by molar-refractivity contribution is -0.133. The lowest BCUT2D eigenvalue weighted by Crippen LogP contribution is -2.47. The van der Waals surface area contributed by atoms with Crippen molar-refractivity contribution in [2.45, 2.75) is 51.3 Å². The molecule has 27 heavy (non-hydrogen) atoms. The van der Waals surface area contributed by atoms with Gasteiger partial charge in [-0.2, -0.15) is 5.10 Å². The fourth-order valence-corrected chi connectivity index (χ4v) is 4.27. The maximum atomic E-state index is 11.6. The minimum atomic E-state index is 0.0129. The van der Waals surface area contributed by atoms with Gasteiger partial charge in [-0.15, -0.1) is 0 Å². The van der Waals surface area contributed by atoms with E-state index in [2.05, 4.69) is 23.1 Å². The number of hydrogen-bond donors (Lipinski definition) is 0. The van der Waals surface area contributed by atoms with Gasteiger partial charge in [-0.25, -0.2) is 0 Å². The van der Waals surface area contributed by atoms with Gasteiger partial charge >= 0.3 is 0 Å². The molecule has 1 unspecified atom stereocenters. The molecule has 152 valence electrons. The Balaban J connectivity index is 1.43. The Bertz CT molecular complexity index is 608. The second-order valence-electron chi connectivity index (χ2n) is 8.01. The van der Waals surface area contributed by atoms with Gasteiger partial charge in [-0.05, 0) is 38.5 Å².